The van der Waals surface area contributed by atoms with Crippen LogP contribution in [0.5, 0.6) is 0 Å². The molecule has 15 heavy (non-hydrogen) atoms. The van der Waals surface area contributed by atoms with E-state index in [0.717, 1.165) is 19.3 Å². The predicted octanol–water partition coefficient (Wildman–Crippen LogP) is 4.38. The molecule has 0 atom stereocenters. The Labute approximate surface area is 106 Å². The standard InChI is InChI=1S/C10H15Cl3O2/c1-3-5-7-8(6-4-2)15-9(14)10(11,12)13/h7H,3-6H2,1-2H3/b8-7-. The van der Waals surface area contributed by atoms with Gasteiger partial charge in [0.25, 0.3) is 3.79 Å². The number of unbranched alkanes of at least 4 members (excludes halogenated alkanes) is 1. The average Bonchev–Trinajstić information content (AvgIpc) is 2.13. The van der Waals surface area contributed by atoms with Crippen LogP contribution in [-0.4, -0.2) is 9.76 Å². The van der Waals surface area contributed by atoms with Gasteiger partial charge in [-0.15, -0.1) is 0 Å². The Balaban J connectivity index is 4.35. The molecule has 0 radical (unpaired) electrons. The molecule has 2 nitrogen and oxygen atoms in total. The van der Waals surface area contributed by atoms with Gasteiger partial charge >= 0.3 is 5.97 Å². The van der Waals surface area contributed by atoms with E-state index in [0.29, 0.717) is 12.2 Å². The van der Waals surface area contributed by atoms with Crippen LogP contribution in [0.25, 0.3) is 0 Å². The maximum Gasteiger partial charge on any atom is 0.363 e. The molecule has 0 aromatic heterocycles. The second-order valence-electron chi connectivity index (χ2n) is 3.10. The first-order valence-electron chi connectivity index (χ1n) is 4.89. The van der Waals surface area contributed by atoms with E-state index in [1.54, 1.807) is 0 Å². The molecule has 0 spiro atoms. The second-order valence-corrected chi connectivity index (χ2v) is 5.38. The summed E-state index contributed by atoms with van der Waals surface area (Å²) in [6.45, 7) is 4.03. The van der Waals surface area contributed by atoms with Crippen molar-refractivity contribution < 1.29 is 9.53 Å². The van der Waals surface area contributed by atoms with Gasteiger partial charge in [0.1, 0.15) is 5.76 Å². The van der Waals surface area contributed by atoms with Crippen LogP contribution in [0, 0.1) is 0 Å². The molecule has 0 heterocycles. The van der Waals surface area contributed by atoms with Gasteiger partial charge in [-0.2, -0.15) is 0 Å². The summed E-state index contributed by atoms with van der Waals surface area (Å²) >= 11 is 16.2. The minimum Gasteiger partial charge on any atom is -0.428 e. The van der Waals surface area contributed by atoms with Gasteiger partial charge in [0.15, 0.2) is 0 Å². The first-order chi connectivity index (χ1) is 6.91. The lowest BCUT2D eigenvalue weighted by Crippen LogP contribution is -2.21. The molecule has 0 aromatic carbocycles. The van der Waals surface area contributed by atoms with Crippen LogP contribution in [0.15, 0.2) is 11.8 Å². The van der Waals surface area contributed by atoms with E-state index in [-0.39, 0.29) is 0 Å². The molecule has 0 saturated heterocycles. The van der Waals surface area contributed by atoms with E-state index in [9.17, 15) is 4.79 Å². The van der Waals surface area contributed by atoms with Crippen molar-refractivity contribution in [1.29, 1.82) is 0 Å². The second kappa shape index (κ2) is 7.37. The van der Waals surface area contributed by atoms with Crippen molar-refractivity contribution in [2.24, 2.45) is 0 Å². The van der Waals surface area contributed by atoms with Crippen molar-refractivity contribution >= 4 is 40.8 Å². The third kappa shape index (κ3) is 7.04. The molecule has 0 aliphatic heterocycles. The van der Waals surface area contributed by atoms with Crippen LogP contribution in [-0.2, 0) is 9.53 Å². The van der Waals surface area contributed by atoms with Crippen molar-refractivity contribution in [3.63, 3.8) is 0 Å². The van der Waals surface area contributed by atoms with E-state index in [1.807, 2.05) is 19.9 Å². The van der Waals surface area contributed by atoms with Gasteiger partial charge in [0.2, 0.25) is 0 Å². The Bertz CT molecular complexity index is 231. The zero-order chi connectivity index (χ0) is 11.9. The van der Waals surface area contributed by atoms with E-state index in [1.165, 1.54) is 0 Å². The average molecular weight is 274 g/mol. The molecule has 0 aliphatic rings. The highest BCUT2D eigenvalue weighted by Crippen LogP contribution is 2.29. The zero-order valence-electron chi connectivity index (χ0n) is 8.86. The maximum atomic E-state index is 11.3. The van der Waals surface area contributed by atoms with Crippen molar-refractivity contribution in [3.8, 4) is 0 Å². The predicted molar refractivity (Wildman–Crippen MR) is 64.3 cm³/mol. The van der Waals surface area contributed by atoms with E-state index in [4.69, 9.17) is 39.5 Å². The Kier molecular flexibility index (Phi) is 7.41. The summed E-state index contributed by atoms with van der Waals surface area (Å²) in [5.74, 6) is -0.265. The molecular formula is C10H15Cl3O2. The fourth-order valence-corrected chi connectivity index (χ4v) is 1.04. The smallest absolute Gasteiger partial charge is 0.363 e. The highest BCUT2D eigenvalue weighted by Gasteiger charge is 2.33. The third-order valence-electron chi connectivity index (χ3n) is 1.61. The molecule has 0 unspecified atom stereocenters. The largest absolute Gasteiger partial charge is 0.428 e. The summed E-state index contributed by atoms with van der Waals surface area (Å²) in [7, 11) is 0. The number of alkyl halides is 3. The molecule has 88 valence electrons. The summed E-state index contributed by atoms with van der Waals surface area (Å²) in [5.41, 5.74) is 0. The summed E-state index contributed by atoms with van der Waals surface area (Å²) in [6.07, 6.45) is 5.24. The highest BCUT2D eigenvalue weighted by atomic mass is 35.6. The van der Waals surface area contributed by atoms with Crippen LogP contribution in [0.4, 0.5) is 0 Å². The number of carbonyl (C=O) groups is 1. The van der Waals surface area contributed by atoms with Gasteiger partial charge < -0.3 is 4.74 Å². The van der Waals surface area contributed by atoms with Gasteiger partial charge in [-0.3, -0.25) is 0 Å². The number of hydrogen-bond acceptors (Lipinski definition) is 2. The molecule has 0 fully saturated rings. The first-order valence-corrected chi connectivity index (χ1v) is 6.03. The maximum absolute atomic E-state index is 11.3. The zero-order valence-corrected chi connectivity index (χ0v) is 11.1. The van der Waals surface area contributed by atoms with E-state index < -0.39 is 9.76 Å². The normalized spacial score (nSPS) is 12.7. The van der Waals surface area contributed by atoms with Crippen molar-refractivity contribution in [2.75, 3.05) is 0 Å². The highest BCUT2D eigenvalue weighted by molar-refractivity contribution is 6.75. The molecule has 0 bridgehead atoms. The minimum atomic E-state index is -2.00. The number of allylic oxidation sites excluding steroid dienone is 2. The lowest BCUT2D eigenvalue weighted by Gasteiger charge is -2.12. The molecule has 0 aliphatic carbocycles. The topological polar surface area (TPSA) is 26.3 Å². The number of carbonyl (C=O) groups excluding carboxylic acids is 1. The first kappa shape index (κ1) is 15.1. The van der Waals surface area contributed by atoms with E-state index in [2.05, 4.69) is 0 Å². The van der Waals surface area contributed by atoms with Crippen LogP contribution in [0.2, 0.25) is 0 Å². The number of halogens is 3. The summed E-state index contributed by atoms with van der Waals surface area (Å²) in [6, 6.07) is 0. The van der Waals surface area contributed by atoms with Crippen LogP contribution >= 0.6 is 34.8 Å². The number of rotatable bonds is 5. The minimum absolute atomic E-state index is 0.579. The fraction of sp³-hybridized carbons (Fsp3) is 0.700. The Morgan fingerprint density at radius 3 is 2.27 bits per heavy atom. The number of ether oxygens (including phenoxy) is 1. The molecule has 0 saturated carbocycles. The quantitative estimate of drug-likeness (QED) is 0.422. The fourth-order valence-electron chi connectivity index (χ4n) is 0.923. The SMILES string of the molecule is CCC/C=C(/CCC)OC(=O)C(Cl)(Cl)Cl. The molecule has 5 heteroatoms. The van der Waals surface area contributed by atoms with Gasteiger partial charge in [-0.05, 0) is 18.9 Å². The molecule has 0 amide bonds. The van der Waals surface area contributed by atoms with Crippen LogP contribution in [0.1, 0.15) is 39.5 Å². The lowest BCUT2D eigenvalue weighted by molar-refractivity contribution is -0.138. The molecule has 0 rings (SSSR count). The molecular weight excluding hydrogens is 258 g/mol. The molecule has 0 aromatic rings. The van der Waals surface area contributed by atoms with Crippen molar-refractivity contribution in [1.82, 2.24) is 0 Å². The summed E-state index contributed by atoms with van der Waals surface area (Å²) < 4.78 is 2.98. The Hall–Kier alpha value is 0.0800. The Morgan fingerprint density at radius 2 is 1.87 bits per heavy atom. The summed E-state index contributed by atoms with van der Waals surface area (Å²) in [4.78, 5) is 11.3. The monoisotopic (exact) mass is 272 g/mol. The lowest BCUT2D eigenvalue weighted by atomic mass is 10.2. The van der Waals surface area contributed by atoms with E-state index >= 15 is 0 Å². The van der Waals surface area contributed by atoms with Crippen molar-refractivity contribution in [2.45, 2.75) is 43.3 Å². The summed E-state index contributed by atoms with van der Waals surface area (Å²) in [5, 5.41) is 0. The third-order valence-corrected chi connectivity index (χ3v) is 2.08. The van der Waals surface area contributed by atoms with Gasteiger partial charge in [0, 0.05) is 6.42 Å². The Morgan fingerprint density at radius 1 is 1.27 bits per heavy atom. The van der Waals surface area contributed by atoms with Crippen LogP contribution in [0.3, 0.4) is 0 Å². The number of hydrogen-bond donors (Lipinski definition) is 0. The van der Waals surface area contributed by atoms with Gasteiger partial charge in [-0.1, -0.05) is 55.1 Å². The van der Waals surface area contributed by atoms with Gasteiger partial charge in [0.05, 0.1) is 0 Å². The number of esters is 1. The van der Waals surface area contributed by atoms with Gasteiger partial charge in [-0.25, -0.2) is 4.79 Å². The van der Waals surface area contributed by atoms with Crippen molar-refractivity contribution in [3.05, 3.63) is 11.8 Å². The van der Waals surface area contributed by atoms with Crippen LogP contribution < -0.4 is 0 Å². The molecule has 0 N–H and O–H groups in total.